The van der Waals surface area contributed by atoms with Gasteiger partial charge in [-0.2, -0.15) is 0 Å². The van der Waals surface area contributed by atoms with Crippen LogP contribution in [-0.2, 0) is 4.79 Å². The zero-order valence-electron chi connectivity index (χ0n) is 6.04. The fourth-order valence-corrected chi connectivity index (χ4v) is 1.04. The van der Waals surface area contributed by atoms with Crippen molar-refractivity contribution in [2.75, 3.05) is 13.6 Å². The number of amides is 1. The summed E-state index contributed by atoms with van der Waals surface area (Å²) in [6.07, 6.45) is 1.47. The molecule has 1 amide bonds. The predicted molar refractivity (Wildman–Crippen MR) is 42.1 cm³/mol. The minimum atomic E-state index is 0. The molecule has 0 spiro atoms. The van der Waals surface area contributed by atoms with Crippen molar-refractivity contribution in [3.05, 3.63) is 0 Å². The lowest BCUT2D eigenvalue weighted by atomic mass is 10.1. The monoisotopic (exact) mass is 164 g/mol. The standard InChI is InChI=1S/C6H12N2O.ClH/c1-8-4-5(7)2-3-6(8)9;/h5H,2-4,7H2,1H3;1H/t5-;/m0./s1. The molecule has 0 aromatic carbocycles. The van der Waals surface area contributed by atoms with Crippen molar-refractivity contribution < 1.29 is 4.79 Å². The summed E-state index contributed by atoms with van der Waals surface area (Å²) in [5.41, 5.74) is 5.59. The lowest BCUT2D eigenvalue weighted by molar-refractivity contribution is -0.132. The van der Waals surface area contributed by atoms with Gasteiger partial charge in [-0.15, -0.1) is 12.4 Å². The van der Waals surface area contributed by atoms with Crippen molar-refractivity contribution in [1.82, 2.24) is 4.90 Å². The Morgan fingerprint density at radius 3 is 2.70 bits per heavy atom. The molecule has 4 heteroatoms. The summed E-state index contributed by atoms with van der Waals surface area (Å²) in [6, 6.07) is 0.202. The van der Waals surface area contributed by atoms with Gasteiger partial charge in [-0.3, -0.25) is 4.79 Å². The number of likely N-dealkylation sites (tertiary alicyclic amines) is 1. The molecule has 0 unspecified atom stereocenters. The first-order chi connectivity index (χ1) is 4.20. The van der Waals surface area contributed by atoms with Gasteiger partial charge in [0, 0.05) is 26.1 Å². The van der Waals surface area contributed by atoms with E-state index in [-0.39, 0.29) is 24.4 Å². The van der Waals surface area contributed by atoms with E-state index in [1.165, 1.54) is 0 Å². The normalized spacial score (nSPS) is 26.0. The van der Waals surface area contributed by atoms with Gasteiger partial charge in [0.2, 0.25) is 5.91 Å². The molecule has 0 aromatic rings. The van der Waals surface area contributed by atoms with E-state index in [1.54, 1.807) is 11.9 Å². The zero-order valence-corrected chi connectivity index (χ0v) is 6.86. The molecule has 0 aromatic heterocycles. The molecular formula is C6H13ClN2O. The van der Waals surface area contributed by atoms with Crippen LogP contribution in [-0.4, -0.2) is 30.4 Å². The average molecular weight is 165 g/mol. The summed E-state index contributed by atoms with van der Waals surface area (Å²) in [4.78, 5) is 12.5. The van der Waals surface area contributed by atoms with Crippen LogP contribution in [0.15, 0.2) is 0 Å². The molecule has 60 valence electrons. The summed E-state index contributed by atoms with van der Waals surface area (Å²) < 4.78 is 0. The Labute approximate surface area is 67.0 Å². The molecule has 1 aliphatic rings. The average Bonchev–Trinajstić information content (AvgIpc) is 1.80. The van der Waals surface area contributed by atoms with Crippen LogP contribution in [0, 0.1) is 0 Å². The zero-order chi connectivity index (χ0) is 6.85. The molecule has 0 aliphatic carbocycles. The maximum Gasteiger partial charge on any atom is 0.222 e. The fourth-order valence-electron chi connectivity index (χ4n) is 1.04. The molecule has 1 saturated heterocycles. The van der Waals surface area contributed by atoms with Gasteiger partial charge >= 0.3 is 0 Å². The van der Waals surface area contributed by atoms with Crippen LogP contribution < -0.4 is 5.73 Å². The summed E-state index contributed by atoms with van der Waals surface area (Å²) in [6.45, 7) is 0.721. The van der Waals surface area contributed by atoms with E-state index >= 15 is 0 Å². The van der Waals surface area contributed by atoms with E-state index in [1.807, 2.05) is 0 Å². The van der Waals surface area contributed by atoms with Gasteiger partial charge in [0.25, 0.3) is 0 Å². The van der Waals surface area contributed by atoms with Crippen molar-refractivity contribution in [2.45, 2.75) is 18.9 Å². The van der Waals surface area contributed by atoms with Gasteiger partial charge in [0.15, 0.2) is 0 Å². The minimum absolute atomic E-state index is 0. The van der Waals surface area contributed by atoms with Crippen LogP contribution in [0.4, 0.5) is 0 Å². The summed E-state index contributed by atoms with van der Waals surface area (Å²) >= 11 is 0. The van der Waals surface area contributed by atoms with E-state index in [4.69, 9.17) is 5.73 Å². The molecule has 10 heavy (non-hydrogen) atoms. The number of carbonyl (C=O) groups excluding carboxylic acids is 1. The fraction of sp³-hybridized carbons (Fsp3) is 0.833. The summed E-state index contributed by atoms with van der Waals surface area (Å²) in [5, 5.41) is 0. The summed E-state index contributed by atoms with van der Waals surface area (Å²) in [5.74, 6) is 0.219. The number of likely N-dealkylation sites (N-methyl/N-ethyl adjacent to an activating group) is 1. The SMILES string of the molecule is CN1C[C@@H](N)CCC1=O.Cl. The molecule has 0 saturated carbocycles. The molecule has 1 atom stereocenters. The number of hydrogen-bond acceptors (Lipinski definition) is 2. The predicted octanol–water partition coefficient (Wildman–Crippen LogP) is -0.0123. The largest absolute Gasteiger partial charge is 0.344 e. The highest BCUT2D eigenvalue weighted by molar-refractivity contribution is 5.85. The maximum absolute atomic E-state index is 10.8. The van der Waals surface area contributed by atoms with Crippen molar-refractivity contribution in [2.24, 2.45) is 5.73 Å². The number of hydrogen-bond donors (Lipinski definition) is 1. The lowest BCUT2D eigenvalue weighted by Crippen LogP contribution is -2.43. The quantitative estimate of drug-likeness (QED) is 0.548. The van der Waals surface area contributed by atoms with Crippen LogP contribution in [0.25, 0.3) is 0 Å². The first-order valence-corrected chi connectivity index (χ1v) is 3.19. The van der Waals surface area contributed by atoms with Crippen molar-refractivity contribution in [3.63, 3.8) is 0 Å². The van der Waals surface area contributed by atoms with E-state index in [0.717, 1.165) is 13.0 Å². The van der Waals surface area contributed by atoms with E-state index in [2.05, 4.69) is 0 Å². The Morgan fingerprint density at radius 2 is 2.30 bits per heavy atom. The van der Waals surface area contributed by atoms with Gasteiger partial charge in [-0.1, -0.05) is 0 Å². The van der Waals surface area contributed by atoms with Gasteiger partial charge in [-0.05, 0) is 6.42 Å². The third-order valence-corrected chi connectivity index (χ3v) is 1.66. The number of piperidine rings is 1. The van der Waals surface area contributed by atoms with Crippen LogP contribution >= 0.6 is 12.4 Å². The number of nitrogens with two attached hydrogens (primary N) is 1. The number of rotatable bonds is 0. The second-order valence-corrected chi connectivity index (χ2v) is 2.57. The summed E-state index contributed by atoms with van der Waals surface area (Å²) in [7, 11) is 1.79. The number of nitrogens with zero attached hydrogens (tertiary/aromatic N) is 1. The Morgan fingerprint density at radius 1 is 1.70 bits per heavy atom. The molecule has 3 nitrogen and oxygen atoms in total. The molecule has 1 rings (SSSR count). The second-order valence-electron chi connectivity index (χ2n) is 2.57. The van der Waals surface area contributed by atoms with Crippen LogP contribution in [0.5, 0.6) is 0 Å². The molecule has 0 bridgehead atoms. The smallest absolute Gasteiger partial charge is 0.222 e. The third kappa shape index (κ3) is 2.15. The Bertz CT molecular complexity index is 129. The van der Waals surface area contributed by atoms with Gasteiger partial charge in [-0.25, -0.2) is 0 Å². The highest BCUT2D eigenvalue weighted by Gasteiger charge is 2.18. The molecular weight excluding hydrogens is 152 g/mol. The van der Waals surface area contributed by atoms with Gasteiger partial charge in [0.1, 0.15) is 0 Å². The molecule has 0 radical (unpaired) electrons. The highest BCUT2D eigenvalue weighted by atomic mass is 35.5. The first kappa shape index (κ1) is 9.72. The Kier molecular flexibility index (Phi) is 3.68. The highest BCUT2D eigenvalue weighted by Crippen LogP contribution is 2.06. The topological polar surface area (TPSA) is 46.3 Å². The minimum Gasteiger partial charge on any atom is -0.344 e. The third-order valence-electron chi connectivity index (χ3n) is 1.66. The van der Waals surface area contributed by atoms with Crippen molar-refractivity contribution in [3.8, 4) is 0 Å². The lowest BCUT2D eigenvalue weighted by Gasteiger charge is -2.26. The number of carbonyl (C=O) groups is 1. The van der Waals surface area contributed by atoms with E-state index in [0.29, 0.717) is 6.42 Å². The van der Waals surface area contributed by atoms with E-state index < -0.39 is 0 Å². The molecule has 1 aliphatic heterocycles. The van der Waals surface area contributed by atoms with Crippen LogP contribution in [0.3, 0.4) is 0 Å². The first-order valence-electron chi connectivity index (χ1n) is 3.19. The van der Waals surface area contributed by atoms with Crippen molar-refractivity contribution >= 4 is 18.3 Å². The van der Waals surface area contributed by atoms with Crippen LogP contribution in [0.2, 0.25) is 0 Å². The number of halogens is 1. The second kappa shape index (κ2) is 3.78. The van der Waals surface area contributed by atoms with Gasteiger partial charge < -0.3 is 10.6 Å². The molecule has 2 N–H and O–H groups in total. The van der Waals surface area contributed by atoms with Gasteiger partial charge in [0.05, 0.1) is 0 Å². The maximum atomic E-state index is 10.8. The van der Waals surface area contributed by atoms with Crippen molar-refractivity contribution in [1.29, 1.82) is 0 Å². The van der Waals surface area contributed by atoms with E-state index in [9.17, 15) is 4.79 Å². The Hall–Kier alpha value is -0.280. The molecule has 1 heterocycles. The Balaban J connectivity index is 0.000000810. The van der Waals surface area contributed by atoms with Crippen LogP contribution in [0.1, 0.15) is 12.8 Å². The molecule has 1 fully saturated rings.